The number of anilines is 1. The predicted molar refractivity (Wildman–Crippen MR) is 90.0 cm³/mol. The first-order valence-electron chi connectivity index (χ1n) is 7.69. The minimum atomic E-state index is -3.54. The van der Waals surface area contributed by atoms with Crippen molar-refractivity contribution in [3.05, 3.63) is 23.8 Å². The van der Waals surface area contributed by atoms with Crippen LogP contribution in [0.2, 0.25) is 0 Å². The summed E-state index contributed by atoms with van der Waals surface area (Å²) in [6.07, 6.45) is 1.02. The quantitative estimate of drug-likeness (QED) is 0.709. The monoisotopic (exact) mass is 340 g/mol. The molecule has 8 heteroatoms. The first-order chi connectivity index (χ1) is 10.9. The van der Waals surface area contributed by atoms with E-state index in [-0.39, 0.29) is 10.8 Å². The third-order valence-electron chi connectivity index (χ3n) is 3.83. The van der Waals surface area contributed by atoms with Crippen molar-refractivity contribution in [1.82, 2.24) is 14.9 Å². The SMILES string of the molecule is CNS(=O)(=O)c1cc(NC(=O)CN2CCCNCC2)ccc1C. The molecule has 1 aromatic carbocycles. The van der Waals surface area contributed by atoms with Gasteiger partial charge in [0.2, 0.25) is 15.9 Å². The summed E-state index contributed by atoms with van der Waals surface area (Å²) in [5.74, 6) is -0.136. The number of carbonyl (C=O) groups excluding carboxylic acids is 1. The van der Waals surface area contributed by atoms with Gasteiger partial charge in [-0.1, -0.05) is 6.07 Å². The summed E-state index contributed by atoms with van der Waals surface area (Å²) in [5, 5.41) is 6.07. The third kappa shape index (κ3) is 5.00. The van der Waals surface area contributed by atoms with Crippen molar-refractivity contribution in [2.24, 2.45) is 0 Å². The lowest BCUT2D eigenvalue weighted by molar-refractivity contribution is -0.117. The normalized spacial score (nSPS) is 16.8. The number of aryl methyl sites for hydroxylation is 1. The summed E-state index contributed by atoms with van der Waals surface area (Å²) in [6.45, 7) is 5.60. The van der Waals surface area contributed by atoms with E-state index in [9.17, 15) is 13.2 Å². The van der Waals surface area contributed by atoms with Gasteiger partial charge in [0.05, 0.1) is 11.4 Å². The molecule has 1 amide bonds. The summed E-state index contributed by atoms with van der Waals surface area (Å²) < 4.78 is 26.2. The van der Waals surface area contributed by atoms with Gasteiger partial charge in [-0.2, -0.15) is 0 Å². The Kier molecular flexibility index (Phi) is 6.11. The van der Waals surface area contributed by atoms with Crippen LogP contribution in [0.5, 0.6) is 0 Å². The predicted octanol–water partition coefficient (Wildman–Crippen LogP) is 0.137. The van der Waals surface area contributed by atoms with Crippen molar-refractivity contribution in [2.45, 2.75) is 18.2 Å². The van der Waals surface area contributed by atoms with Gasteiger partial charge in [-0.3, -0.25) is 9.69 Å². The van der Waals surface area contributed by atoms with Crippen LogP contribution in [0, 0.1) is 6.92 Å². The molecule has 1 aliphatic rings. The van der Waals surface area contributed by atoms with E-state index < -0.39 is 10.0 Å². The molecular formula is C15H24N4O3S. The summed E-state index contributed by atoms with van der Waals surface area (Å²) >= 11 is 0. The van der Waals surface area contributed by atoms with Gasteiger partial charge in [-0.15, -0.1) is 0 Å². The zero-order chi connectivity index (χ0) is 16.9. The minimum absolute atomic E-state index is 0.136. The van der Waals surface area contributed by atoms with Crippen molar-refractivity contribution in [3.8, 4) is 0 Å². The van der Waals surface area contributed by atoms with Crippen molar-refractivity contribution < 1.29 is 13.2 Å². The van der Waals surface area contributed by atoms with Crippen LogP contribution < -0.4 is 15.4 Å². The Bertz CT molecular complexity index is 653. The summed E-state index contributed by atoms with van der Waals surface area (Å²) in [6, 6.07) is 4.89. The number of nitrogens with one attached hydrogen (secondary N) is 3. The van der Waals surface area contributed by atoms with E-state index in [0.717, 1.165) is 32.6 Å². The standard InChI is InChI=1S/C15H24N4O3S/c1-12-4-5-13(10-14(12)23(21,22)16-2)18-15(20)11-19-8-3-6-17-7-9-19/h4-5,10,16-17H,3,6-9,11H2,1-2H3,(H,18,20). The van der Waals surface area contributed by atoms with Crippen LogP contribution in [0.3, 0.4) is 0 Å². The molecule has 7 nitrogen and oxygen atoms in total. The van der Waals surface area contributed by atoms with Crippen molar-refractivity contribution >= 4 is 21.6 Å². The number of hydrogen-bond acceptors (Lipinski definition) is 5. The molecule has 23 heavy (non-hydrogen) atoms. The topological polar surface area (TPSA) is 90.5 Å². The molecule has 0 spiro atoms. The molecule has 0 unspecified atom stereocenters. The molecule has 0 atom stereocenters. The largest absolute Gasteiger partial charge is 0.325 e. The summed E-state index contributed by atoms with van der Waals surface area (Å²) in [4.78, 5) is 14.4. The second kappa shape index (κ2) is 7.87. The minimum Gasteiger partial charge on any atom is -0.325 e. The summed E-state index contributed by atoms with van der Waals surface area (Å²) in [7, 11) is -2.17. The number of carbonyl (C=O) groups is 1. The lowest BCUT2D eigenvalue weighted by Crippen LogP contribution is -2.35. The molecule has 3 N–H and O–H groups in total. The van der Waals surface area contributed by atoms with Gasteiger partial charge in [-0.25, -0.2) is 13.1 Å². The number of benzene rings is 1. The van der Waals surface area contributed by atoms with Crippen molar-refractivity contribution in [2.75, 3.05) is 45.1 Å². The molecule has 1 aliphatic heterocycles. The van der Waals surface area contributed by atoms with E-state index in [1.54, 1.807) is 19.1 Å². The Hall–Kier alpha value is -1.48. The maximum atomic E-state index is 12.2. The van der Waals surface area contributed by atoms with E-state index in [4.69, 9.17) is 0 Å². The Morgan fingerprint density at radius 3 is 2.83 bits per heavy atom. The molecule has 0 saturated carbocycles. The van der Waals surface area contributed by atoms with E-state index in [2.05, 4.69) is 20.3 Å². The first-order valence-corrected chi connectivity index (χ1v) is 9.18. The average molecular weight is 340 g/mol. The number of amides is 1. The fourth-order valence-corrected chi connectivity index (χ4v) is 3.53. The van der Waals surface area contributed by atoms with Gasteiger partial charge in [0, 0.05) is 18.8 Å². The Balaban J connectivity index is 2.05. The van der Waals surface area contributed by atoms with Gasteiger partial charge >= 0.3 is 0 Å². The molecule has 1 heterocycles. The van der Waals surface area contributed by atoms with Crippen LogP contribution in [0.25, 0.3) is 0 Å². The molecule has 1 fully saturated rings. The fraction of sp³-hybridized carbons (Fsp3) is 0.533. The van der Waals surface area contributed by atoms with Crippen LogP contribution in [-0.4, -0.2) is 59.0 Å². The highest BCUT2D eigenvalue weighted by atomic mass is 32.2. The number of sulfonamides is 1. The van der Waals surface area contributed by atoms with Crippen LogP contribution in [0.1, 0.15) is 12.0 Å². The molecule has 1 aromatic rings. The molecule has 0 radical (unpaired) electrons. The fourth-order valence-electron chi connectivity index (χ4n) is 2.54. The molecule has 0 bridgehead atoms. The maximum absolute atomic E-state index is 12.2. The van der Waals surface area contributed by atoms with Gasteiger partial charge in [0.25, 0.3) is 0 Å². The van der Waals surface area contributed by atoms with E-state index >= 15 is 0 Å². The van der Waals surface area contributed by atoms with E-state index in [0.29, 0.717) is 17.8 Å². The first kappa shape index (κ1) is 17.9. The second-order valence-corrected chi connectivity index (χ2v) is 7.47. The molecular weight excluding hydrogens is 316 g/mol. The number of rotatable bonds is 5. The third-order valence-corrected chi connectivity index (χ3v) is 5.39. The highest BCUT2D eigenvalue weighted by molar-refractivity contribution is 7.89. The van der Waals surface area contributed by atoms with Crippen molar-refractivity contribution in [3.63, 3.8) is 0 Å². The molecule has 1 saturated heterocycles. The maximum Gasteiger partial charge on any atom is 0.240 e. The zero-order valence-corrected chi connectivity index (χ0v) is 14.4. The highest BCUT2D eigenvalue weighted by Crippen LogP contribution is 2.19. The lowest BCUT2D eigenvalue weighted by atomic mass is 10.2. The molecule has 128 valence electrons. The summed E-state index contributed by atoms with van der Waals surface area (Å²) in [5.41, 5.74) is 1.12. The zero-order valence-electron chi connectivity index (χ0n) is 13.6. The number of hydrogen-bond donors (Lipinski definition) is 3. The Labute approximate surface area is 137 Å². The van der Waals surface area contributed by atoms with Gasteiger partial charge < -0.3 is 10.6 Å². The molecule has 0 aromatic heterocycles. The van der Waals surface area contributed by atoms with Crippen LogP contribution >= 0.6 is 0 Å². The van der Waals surface area contributed by atoms with Crippen LogP contribution in [0.15, 0.2) is 23.1 Å². The van der Waals surface area contributed by atoms with Crippen molar-refractivity contribution in [1.29, 1.82) is 0 Å². The Morgan fingerprint density at radius 1 is 1.30 bits per heavy atom. The smallest absolute Gasteiger partial charge is 0.240 e. The van der Waals surface area contributed by atoms with E-state index in [1.807, 2.05) is 0 Å². The number of nitrogens with zero attached hydrogens (tertiary/aromatic N) is 1. The molecule has 2 rings (SSSR count). The second-order valence-electron chi connectivity index (χ2n) is 5.62. The highest BCUT2D eigenvalue weighted by Gasteiger charge is 2.17. The Morgan fingerprint density at radius 2 is 2.09 bits per heavy atom. The van der Waals surface area contributed by atoms with Gasteiger partial charge in [-0.05, 0) is 51.2 Å². The van der Waals surface area contributed by atoms with Gasteiger partial charge in [0.1, 0.15) is 0 Å². The van der Waals surface area contributed by atoms with Gasteiger partial charge in [0.15, 0.2) is 0 Å². The lowest BCUT2D eigenvalue weighted by Gasteiger charge is -2.19. The van der Waals surface area contributed by atoms with Crippen LogP contribution in [0.4, 0.5) is 5.69 Å². The average Bonchev–Trinajstić information content (AvgIpc) is 2.77. The molecule has 0 aliphatic carbocycles. The van der Waals surface area contributed by atoms with E-state index in [1.165, 1.54) is 13.1 Å². The van der Waals surface area contributed by atoms with Crippen LogP contribution in [-0.2, 0) is 14.8 Å².